The predicted octanol–water partition coefficient (Wildman–Crippen LogP) is 4.94. The average Bonchev–Trinajstić information content (AvgIpc) is 2.38. The van der Waals surface area contributed by atoms with Crippen molar-refractivity contribution in [3.05, 3.63) is 39.9 Å². The summed E-state index contributed by atoms with van der Waals surface area (Å²) in [5.41, 5.74) is 2.12. The summed E-state index contributed by atoms with van der Waals surface area (Å²) in [6, 6.07) is 5.53. The van der Waals surface area contributed by atoms with Gasteiger partial charge in [-0.1, -0.05) is 29.3 Å². The van der Waals surface area contributed by atoms with E-state index >= 15 is 0 Å². The maximum absolute atomic E-state index is 5.99. The standard InChI is InChI=1S/C15H18Cl2O2/c1-11(12-8-13(16)10-14(17)9-12)5-7-19-15-4-2-3-6-18-15/h5,8-10,15H,2-4,6-7H2,1H3. The average molecular weight is 301 g/mol. The molecule has 104 valence electrons. The second-order valence-electron chi connectivity index (χ2n) is 4.67. The summed E-state index contributed by atoms with van der Waals surface area (Å²) in [5, 5.41) is 1.29. The van der Waals surface area contributed by atoms with Crippen LogP contribution in [0.25, 0.3) is 5.57 Å². The van der Waals surface area contributed by atoms with Crippen LogP contribution in [-0.2, 0) is 9.47 Å². The SMILES string of the molecule is CC(=CCOC1CCCCO1)c1cc(Cl)cc(Cl)c1. The third-order valence-corrected chi connectivity index (χ3v) is 3.56. The maximum Gasteiger partial charge on any atom is 0.157 e. The summed E-state index contributed by atoms with van der Waals surface area (Å²) in [7, 11) is 0. The zero-order valence-corrected chi connectivity index (χ0v) is 12.5. The Hall–Kier alpha value is -0.540. The molecule has 0 aliphatic carbocycles. The van der Waals surface area contributed by atoms with Gasteiger partial charge in [0.15, 0.2) is 6.29 Å². The molecule has 1 heterocycles. The number of hydrogen-bond acceptors (Lipinski definition) is 2. The molecule has 1 atom stereocenters. The number of allylic oxidation sites excluding steroid dienone is 1. The fourth-order valence-electron chi connectivity index (χ4n) is 2.02. The van der Waals surface area contributed by atoms with Gasteiger partial charge in [0, 0.05) is 16.7 Å². The second kappa shape index (κ2) is 7.30. The summed E-state index contributed by atoms with van der Waals surface area (Å²) < 4.78 is 11.2. The van der Waals surface area contributed by atoms with Crippen molar-refractivity contribution in [1.29, 1.82) is 0 Å². The summed E-state index contributed by atoms with van der Waals surface area (Å²) in [5.74, 6) is 0. The number of ether oxygens (including phenoxy) is 2. The molecule has 1 aromatic carbocycles. The van der Waals surface area contributed by atoms with E-state index in [1.807, 2.05) is 25.1 Å². The van der Waals surface area contributed by atoms with Gasteiger partial charge in [0.1, 0.15) is 0 Å². The summed E-state index contributed by atoms with van der Waals surface area (Å²) in [6.07, 6.45) is 5.27. The first-order valence-electron chi connectivity index (χ1n) is 6.51. The Morgan fingerprint density at radius 1 is 1.32 bits per heavy atom. The highest BCUT2D eigenvalue weighted by atomic mass is 35.5. The largest absolute Gasteiger partial charge is 0.353 e. The lowest BCUT2D eigenvalue weighted by Crippen LogP contribution is -2.22. The van der Waals surface area contributed by atoms with E-state index in [9.17, 15) is 0 Å². The van der Waals surface area contributed by atoms with Gasteiger partial charge in [-0.05, 0) is 55.5 Å². The topological polar surface area (TPSA) is 18.5 Å². The molecule has 0 bridgehead atoms. The number of rotatable bonds is 4. The number of benzene rings is 1. The quantitative estimate of drug-likeness (QED) is 0.784. The van der Waals surface area contributed by atoms with E-state index in [2.05, 4.69) is 0 Å². The van der Waals surface area contributed by atoms with Crippen LogP contribution < -0.4 is 0 Å². The van der Waals surface area contributed by atoms with Gasteiger partial charge >= 0.3 is 0 Å². The molecule has 4 heteroatoms. The van der Waals surface area contributed by atoms with Gasteiger partial charge < -0.3 is 9.47 Å². The van der Waals surface area contributed by atoms with E-state index in [-0.39, 0.29) is 6.29 Å². The van der Waals surface area contributed by atoms with E-state index < -0.39 is 0 Å². The van der Waals surface area contributed by atoms with E-state index in [0.717, 1.165) is 30.6 Å². The molecule has 2 rings (SSSR count). The van der Waals surface area contributed by atoms with E-state index in [1.54, 1.807) is 6.07 Å². The van der Waals surface area contributed by atoms with Crippen molar-refractivity contribution >= 4 is 28.8 Å². The van der Waals surface area contributed by atoms with Crippen molar-refractivity contribution in [1.82, 2.24) is 0 Å². The van der Waals surface area contributed by atoms with Gasteiger partial charge in [-0.3, -0.25) is 0 Å². The Labute approximate surface area is 124 Å². The van der Waals surface area contributed by atoms with Crippen LogP contribution in [0, 0.1) is 0 Å². The normalized spacial score (nSPS) is 20.6. The van der Waals surface area contributed by atoms with Crippen LogP contribution in [0.1, 0.15) is 31.7 Å². The van der Waals surface area contributed by atoms with Gasteiger partial charge in [-0.15, -0.1) is 0 Å². The molecule has 0 aromatic heterocycles. The van der Waals surface area contributed by atoms with Crippen molar-refractivity contribution in [3.63, 3.8) is 0 Å². The molecule has 0 radical (unpaired) electrons. The molecule has 0 spiro atoms. The number of hydrogen-bond donors (Lipinski definition) is 0. The van der Waals surface area contributed by atoms with Crippen molar-refractivity contribution < 1.29 is 9.47 Å². The van der Waals surface area contributed by atoms with Gasteiger partial charge in [0.25, 0.3) is 0 Å². The highest BCUT2D eigenvalue weighted by Gasteiger charge is 2.13. The molecule has 1 aliphatic rings. The molecule has 1 fully saturated rings. The minimum Gasteiger partial charge on any atom is -0.353 e. The van der Waals surface area contributed by atoms with Gasteiger partial charge in [-0.25, -0.2) is 0 Å². The summed E-state index contributed by atoms with van der Waals surface area (Å²) in [4.78, 5) is 0. The first kappa shape index (κ1) is 14.9. The lowest BCUT2D eigenvalue weighted by molar-refractivity contribution is -0.155. The lowest BCUT2D eigenvalue weighted by atomic mass is 10.1. The van der Waals surface area contributed by atoms with Crippen LogP contribution in [0.15, 0.2) is 24.3 Å². The molecule has 0 N–H and O–H groups in total. The Morgan fingerprint density at radius 3 is 2.68 bits per heavy atom. The number of halogens is 2. The third-order valence-electron chi connectivity index (χ3n) is 3.13. The smallest absolute Gasteiger partial charge is 0.157 e. The first-order chi connectivity index (χ1) is 9.15. The van der Waals surface area contributed by atoms with Crippen molar-refractivity contribution in [3.8, 4) is 0 Å². The van der Waals surface area contributed by atoms with Crippen molar-refractivity contribution in [2.45, 2.75) is 32.5 Å². The zero-order valence-electron chi connectivity index (χ0n) is 11.0. The lowest BCUT2D eigenvalue weighted by Gasteiger charge is -2.22. The predicted molar refractivity (Wildman–Crippen MR) is 79.7 cm³/mol. The van der Waals surface area contributed by atoms with Crippen LogP contribution >= 0.6 is 23.2 Å². The van der Waals surface area contributed by atoms with Crippen LogP contribution in [0.3, 0.4) is 0 Å². The zero-order chi connectivity index (χ0) is 13.7. The fraction of sp³-hybridized carbons (Fsp3) is 0.467. The van der Waals surface area contributed by atoms with Crippen LogP contribution in [-0.4, -0.2) is 19.5 Å². The highest BCUT2D eigenvalue weighted by molar-refractivity contribution is 6.34. The van der Waals surface area contributed by atoms with Gasteiger partial charge in [0.05, 0.1) is 6.61 Å². The molecule has 1 aromatic rings. The summed E-state index contributed by atoms with van der Waals surface area (Å²) in [6.45, 7) is 3.37. The third kappa shape index (κ3) is 4.81. The molecular formula is C15H18Cl2O2. The van der Waals surface area contributed by atoms with E-state index in [1.165, 1.54) is 6.42 Å². The monoisotopic (exact) mass is 300 g/mol. The molecule has 1 saturated heterocycles. The molecule has 19 heavy (non-hydrogen) atoms. The molecule has 1 unspecified atom stereocenters. The minimum absolute atomic E-state index is 0.0549. The van der Waals surface area contributed by atoms with Crippen molar-refractivity contribution in [2.75, 3.05) is 13.2 Å². The second-order valence-corrected chi connectivity index (χ2v) is 5.55. The van der Waals surface area contributed by atoms with Crippen LogP contribution in [0.2, 0.25) is 10.0 Å². The highest BCUT2D eigenvalue weighted by Crippen LogP contribution is 2.24. The van der Waals surface area contributed by atoms with Crippen LogP contribution in [0.4, 0.5) is 0 Å². The Kier molecular flexibility index (Phi) is 5.71. The van der Waals surface area contributed by atoms with Crippen LogP contribution in [0.5, 0.6) is 0 Å². The minimum atomic E-state index is -0.0549. The Morgan fingerprint density at radius 2 is 2.05 bits per heavy atom. The van der Waals surface area contributed by atoms with Gasteiger partial charge in [-0.2, -0.15) is 0 Å². The Bertz CT molecular complexity index is 431. The molecule has 1 aliphatic heterocycles. The first-order valence-corrected chi connectivity index (χ1v) is 7.27. The van der Waals surface area contributed by atoms with Gasteiger partial charge in [0.2, 0.25) is 0 Å². The Balaban J connectivity index is 1.90. The molecule has 0 saturated carbocycles. The molecule has 0 amide bonds. The molecule has 2 nitrogen and oxygen atoms in total. The van der Waals surface area contributed by atoms with E-state index in [4.69, 9.17) is 32.7 Å². The fourth-order valence-corrected chi connectivity index (χ4v) is 2.55. The maximum atomic E-state index is 5.99. The summed E-state index contributed by atoms with van der Waals surface area (Å²) >= 11 is 12.0. The molecular weight excluding hydrogens is 283 g/mol. The van der Waals surface area contributed by atoms with E-state index in [0.29, 0.717) is 16.7 Å². The van der Waals surface area contributed by atoms with Crippen molar-refractivity contribution in [2.24, 2.45) is 0 Å².